The number of nitrogens with zero attached hydrogens (tertiary/aromatic N) is 2. The quantitative estimate of drug-likeness (QED) is 0.479. The standard InChI is InChI=1S/C23H22N4O2S/c1-27(23(29)20-12-7-13-30-20)15-21(28)24-19(14-16-8-3-2-4-9-16)22-25-17-10-5-6-11-18(17)26-22/h2-13,19H,14-15H2,1H3,(H,24,28)(H,25,26)/t19-/m0/s1. The highest BCUT2D eigenvalue weighted by molar-refractivity contribution is 7.12. The second-order valence-electron chi connectivity index (χ2n) is 7.09. The highest BCUT2D eigenvalue weighted by Crippen LogP contribution is 2.20. The van der Waals surface area contributed by atoms with E-state index in [0.717, 1.165) is 16.6 Å². The van der Waals surface area contributed by atoms with Crippen molar-refractivity contribution in [2.24, 2.45) is 0 Å². The van der Waals surface area contributed by atoms with Crippen LogP contribution in [-0.2, 0) is 11.2 Å². The molecule has 0 fully saturated rings. The summed E-state index contributed by atoms with van der Waals surface area (Å²) in [5, 5.41) is 4.90. The van der Waals surface area contributed by atoms with E-state index >= 15 is 0 Å². The number of amides is 2. The molecule has 0 unspecified atom stereocenters. The van der Waals surface area contributed by atoms with E-state index in [4.69, 9.17) is 0 Å². The molecule has 0 aliphatic rings. The fraction of sp³-hybridized carbons (Fsp3) is 0.174. The van der Waals surface area contributed by atoms with Crippen molar-refractivity contribution in [3.63, 3.8) is 0 Å². The number of H-pyrrole nitrogens is 1. The van der Waals surface area contributed by atoms with Crippen LogP contribution in [0.2, 0.25) is 0 Å². The number of carbonyl (C=O) groups excluding carboxylic acids is 2. The molecule has 2 heterocycles. The Hall–Kier alpha value is -3.45. The summed E-state index contributed by atoms with van der Waals surface area (Å²) in [6.45, 7) is -0.0255. The summed E-state index contributed by atoms with van der Waals surface area (Å²) >= 11 is 1.36. The van der Waals surface area contributed by atoms with Crippen molar-refractivity contribution in [1.29, 1.82) is 0 Å². The second kappa shape index (κ2) is 8.92. The predicted octanol–water partition coefficient (Wildman–Crippen LogP) is 3.80. The van der Waals surface area contributed by atoms with Crippen molar-refractivity contribution in [3.05, 3.63) is 88.4 Å². The number of aromatic amines is 1. The molecule has 2 aromatic carbocycles. The zero-order valence-electron chi connectivity index (χ0n) is 16.5. The summed E-state index contributed by atoms with van der Waals surface area (Å²) < 4.78 is 0. The van der Waals surface area contributed by atoms with Crippen molar-refractivity contribution < 1.29 is 9.59 Å². The van der Waals surface area contributed by atoms with Crippen LogP contribution in [0.1, 0.15) is 27.1 Å². The monoisotopic (exact) mass is 418 g/mol. The van der Waals surface area contributed by atoms with Crippen molar-refractivity contribution in [2.45, 2.75) is 12.5 Å². The molecule has 4 aromatic rings. The first-order valence-electron chi connectivity index (χ1n) is 9.67. The van der Waals surface area contributed by atoms with Crippen LogP contribution in [0.5, 0.6) is 0 Å². The molecule has 30 heavy (non-hydrogen) atoms. The number of likely N-dealkylation sites (N-methyl/N-ethyl adjacent to an activating group) is 1. The number of para-hydroxylation sites is 2. The first-order chi connectivity index (χ1) is 14.6. The van der Waals surface area contributed by atoms with Gasteiger partial charge in [-0.25, -0.2) is 4.98 Å². The lowest BCUT2D eigenvalue weighted by Gasteiger charge is -2.20. The number of thiophene rings is 1. The summed E-state index contributed by atoms with van der Waals surface area (Å²) in [7, 11) is 1.63. The lowest BCUT2D eigenvalue weighted by atomic mass is 10.1. The van der Waals surface area contributed by atoms with Crippen LogP contribution in [0.25, 0.3) is 11.0 Å². The minimum atomic E-state index is -0.336. The van der Waals surface area contributed by atoms with Crippen LogP contribution in [0.4, 0.5) is 0 Å². The van der Waals surface area contributed by atoms with Gasteiger partial charge < -0.3 is 15.2 Å². The topological polar surface area (TPSA) is 78.1 Å². The van der Waals surface area contributed by atoms with E-state index < -0.39 is 0 Å². The van der Waals surface area contributed by atoms with E-state index in [2.05, 4.69) is 15.3 Å². The minimum absolute atomic E-state index is 0.0255. The van der Waals surface area contributed by atoms with Gasteiger partial charge in [0.15, 0.2) is 0 Å². The smallest absolute Gasteiger partial charge is 0.264 e. The molecule has 0 aliphatic heterocycles. The molecule has 2 N–H and O–H groups in total. The van der Waals surface area contributed by atoms with Crippen molar-refractivity contribution in [3.8, 4) is 0 Å². The van der Waals surface area contributed by atoms with Crippen LogP contribution in [0.15, 0.2) is 72.1 Å². The number of benzene rings is 2. The fourth-order valence-electron chi connectivity index (χ4n) is 3.32. The number of imidazole rings is 1. The molecule has 0 spiro atoms. The van der Waals surface area contributed by atoms with Gasteiger partial charge >= 0.3 is 0 Å². The van der Waals surface area contributed by atoms with Gasteiger partial charge in [-0.1, -0.05) is 48.5 Å². The van der Waals surface area contributed by atoms with Crippen LogP contribution < -0.4 is 5.32 Å². The first-order valence-corrected chi connectivity index (χ1v) is 10.5. The van der Waals surface area contributed by atoms with Gasteiger partial charge in [-0.15, -0.1) is 11.3 Å². The lowest BCUT2D eigenvalue weighted by molar-refractivity contribution is -0.122. The number of hydrogen-bond donors (Lipinski definition) is 2. The molecule has 0 radical (unpaired) electrons. The zero-order valence-corrected chi connectivity index (χ0v) is 17.4. The molecule has 0 aliphatic carbocycles. The summed E-state index contributed by atoms with van der Waals surface area (Å²) in [5.41, 5.74) is 2.86. The normalized spacial score (nSPS) is 11.9. The number of aromatic nitrogens is 2. The Morgan fingerprint density at radius 3 is 2.57 bits per heavy atom. The number of carbonyl (C=O) groups is 2. The van der Waals surface area contributed by atoms with Gasteiger partial charge in [0.25, 0.3) is 5.91 Å². The summed E-state index contributed by atoms with van der Waals surface area (Å²) in [6, 6.07) is 21.0. The number of fused-ring (bicyclic) bond motifs is 1. The minimum Gasteiger partial charge on any atom is -0.344 e. The van der Waals surface area contributed by atoms with Gasteiger partial charge in [0.05, 0.1) is 28.5 Å². The van der Waals surface area contributed by atoms with E-state index in [0.29, 0.717) is 17.1 Å². The predicted molar refractivity (Wildman–Crippen MR) is 118 cm³/mol. The Morgan fingerprint density at radius 2 is 1.83 bits per heavy atom. The molecule has 1 atom stereocenters. The average molecular weight is 419 g/mol. The molecular weight excluding hydrogens is 396 g/mol. The SMILES string of the molecule is CN(CC(=O)N[C@@H](Cc1ccccc1)c1nc2ccccc2[nH]1)C(=O)c1cccs1. The van der Waals surface area contributed by atoms with Crippen LogP contribution in [-0.4, -0.2) is 40.3 Å². The van der Waals surface area contributed by atoms with Gasteiger partial charge in [-0.05, 0) is 35.6 Å². The maximum atomic E-state index is 12.8. The van der Waals surface area contributed by atoms with E-state index in [9.17, 15) is 9.59 Å². The highest BCUT2D eigenvalue weighted by Gasteiger charge is 2.21. The second-order valence-corrected chi connectivity index (χ2v) is 8.04. The highest BCUT2D eigenvalue weighted by atomic mass is 32.1. The average Bonchev–Trinajstić information content (AvgIpc) is 3.43. The van der Waals surface area contributed by atoms with Gasteiger partial charge in [0.1, 0.15) is 5.82 Å². The van der Waals surface area contributed by atoms with E-state index in [-0.39, 0.29) is 24.4 Å². The Labute approximate surface area is 178 Å². The maximum Gasteiger partial charge on any atom is 0.264 e. The molecule has 0 saturated carbocycles. The van der Waals surface area contributed by atoms with Gasteiger partial charge in [-0.3, -0.25) is 9.59 Å². The van der Waals surface area contributed by atoms with Gasteiger partial charge in [-0.2, -0.15) is 0 Å². The van der Waals surface area contributed by atoms with Crippen LogP contribution in [0.3, 0.4) is 0 Å². The first kappa shape index (κ1) is 19.8. The van der Waals surface area contributed by atoms with Crippen LogP contribution >= 0.6 is 11.3 Å². The Bertz CT molecular complexity index is 1110. The van der Waals surface area contributed by atoms with Crippen molar-refractivity contribution in [2.75, 3.05) is 13.6 Å². The number of hydrogen-bond acceptors (Lipinski definition) is 4. The Balaban J connectivity index is 1.51. The Kier molecular flexibility index (Phi) is 5.90. The molecule has 2 amide bonds. The molecule has 0 saturated heterocycles. The van der Waals surface area contributed by atoms with Crippen molar-refractivity contribution in [1.82, 2.24) is 20.2 Å². The summed E-state index contributed by atoms with van der Waals surface area (Å²) in [4.78, 5) is 35.2. The number of rotatable bonds is 7. The molecule has 7 heteroatoms. The van der Waals surface area contributed by atoms with E-state index in [1.807, 2.05) is 66.0 Å². The molecule has 6 nitrogen and oxygen atoms in total. The molecule has 2 aromatic heterocycles. The lowest BCUT2D eigenvalue weighted by Crippen LogP contribution is -2.40. The molecule has 152 valence electrons. The van der Waals surface area contributed by atoms with Gasteiger partial charge in [0, 0.05) is 7.05 Å². The third-order valence-corrected chi connectivity index (χ3v) is 5.67. The zero-order chi connectivity index (χ0) is 20.9. The van der Waals surface area contributed by atoms with E-state index in [1.54, 1.807) is 13.1 Å². The van der Waals surface area contributed by atoms with Gasteiger partial charge in [0.2, 0.25) is 5.91 Å². The van der Waals surface area contributed by atoms with E-state index in [1.165, 1.54) is 16.2 Å². The third-order valence-electron chi connectivity index (χ3n) is 4.82. The third kappa shape index (κ3) is 4.58. The maximum absolute atomic E-state index is 12.8. The molecular formula is C23H22N4O2S. The van der Waals surface area contributed by atoms with Crippen LogP contribution in [0, 0.1) is 0 Å². The molecule has 0 bridgehead atoms. The Morgan fingerprint density at radius 1 is 1.07 bits per heavy atom. The largest absolute Gasteiger partial charge is 0.344 e. The number of nitrogens with one attached hydrogen (secondary N) is 2. The fourth-order valence-corrected chi connectivity index (χ4v) is 4.04. The van der Waals surface area contributed by atoms with Crippen molar-refractivity contribution >= 4 is 34.2 Å². The summed E-state index contributed by atoms with van der Waals surface area (Å²) in [6.07, 6.45) is 0.592. The molecule has 4 rings (SSSR count). The summed E-state index contributed by atoms with van der Waals surface area (Å²) in [5.74, 6) is 0.299.